The molecule has 1 aromatic heterocycles. The molecular formula is C16H16ClN3O2. The molecule has 0 saturated heterocycles. The van der Waals surface area contributed by atoms with Gasteiger partial charge in [-0.3, -0.25) is 10.1 Å². The molecule has 2 rings (SSSR count). The Labute approximate surface area is 133 Å². The summed E-state index contributed by atoms with van der Waals surface area (Å²) >= 11 is 5.77. The molecule has 6 heteroatoms. The van der Waals surface area contributed by atoms with Crippen molar-refractivity contribution in [1.29, 1.82) is 0 Å². The summed E-state index contributed by atoms with van der Waals surface area (Å²) in [4.78, 5) is 14.4. The highest BCUT2D eigenvalue weighted by atomic mass is 35.5. The first kappa shape index (κ1) is 16.0. The zero-order chi connectivity index (χ0) is 15.9. The fourth-order valence-electron chi connectivity index (χ4n) is 2.05. The summed E-state index contributed by atoms with van der Waals surface area (Å²) in [7, 11) is 0. The minimum absolute atomic E-state index is 0.182. The number of pyridine rings is 1. The van der Waals surface area contributed by atoms with Gasteiger partial charge >= 0.3 is 0 Å². The van der Waals surface area contributed by atoms with E-state index in [1.807, 2.05) is 43.3 Å². The number of hydrogen-bond acceptors (Lipinski definition) is 4. The van der Waals surface area contributed by atoms with Gasteiger partial charge in [0.2, 0.25) is 0 Å². The molecule has 0 bridgehead atoms. The molecule has 1 unspecified atom stereocenters. The number of nitro groups is 1. The van der Waals surface area contributed by atoms with Crippen LogP contribution >= 0.6 is 11.6 Å². The Morgan fingerprint density at radius 1 is 1.36 bits per heavy atom. The lowest BCUT2D eigenvalue weighted by atomic mass is 9.99. The van der Waals surface area contributed by atoms with Crippen molar-refractivity contribution in [2.45, 2.75) is 19.4 Å². The van der Waals surface area contributed by atoms with Gasteiger partial charge in [0.15, 0.2) is 0 Å². The Bertz CT molecular complexity index is 657. The van der Waals surface area contributed by atoms with Gasteiger partial charge in [0.05, 0.1) is 10.6 Å². The number of halogens is 1. The number of nitrogens with zero attached hydrogens (tertiary/aromatic N) is 2. The summed E-state index contributed by atoms with van der Waals surface area (Å²) in [6.45, 7) is 2.41. The highest BCUT2D eigenvalue weighted by Gasteiger charge is 2.15. The van der Waals surface area contributed by atoms with E-state index in [0.717, 1.165) is 17.3 Å². The van der Waals surface area contributed by atoms with Crippen molar-refractivity contribution in [2.24, 2.45) is 0 Å². The van der Waals surface area contributed by atoms with Crippen LogP contribution in [0.2, 0.25) is 5.15 Å². The first-order chi connectivity index (χ1) is 10.6. The maximum absolute atomic E-state index is 10.9. The molecule has 5 nitrogen and oxygen atoms in total. The van der Waals surface area contributed by atoms with Gasteiger partial charge in [0.25, 0.3) is 6.20 Å². The Balaban J connectivity index is 2.15. The van der Waals surface area contributed by atoms with E-state index >= 15 is 0 Å². The molecule has 0 radical (unpaired) electrons. The molecule has 1 N–H and O–H groups in total. The fraction of sp³-hybridized carbons (Fsp3) is 0.188. The van der Waals surface area contributed by atoms with Crippen LogP contribution < -0.4 is 5.32 Å². The maximum atomic E-state index is 10.9. The molecule has 2 aromatic rings. The second-order valence-corrected chi connectivity index (χ2v) is 5.23. The third kappa shape index (κ3) is 4.56. The van der Waals surface area contributed by atoms with Crippen LogP contribution in [-0.4, -0.2) is 9.91 Å². The number of aromatic nitrogens is 1. The lowest BCUT2D eigenvalue weighted by molar-refractivity contribution is -0.404. The highest BCUT2D eigenvalue weighted by Crippen LogP contribution is 2.22. The zero-order valence-electron chi connectivity index (χ0n) is 12.1. The summed E-state index contributed by atoms with van der Waals surface area (Å²) in [5.41, 5.74) is 2.44. The van der Waals surface area contributed by atoms with Crippen LogP contribution in [0, 0.1) is 10.1 Å². The predicted molar refractivity (Wildman–Crippen MR) is 86.0 cm³/mol. The molecule has 1 aromatic carbocycles. The average molecular weight is 318 g/mol. The average Bonchev–Trinajstić information content (AvgIpc) is 2.52. The number of nitrogens with one attached hydrogen (secondary N) is 1. The summed E-state index contributed by atoms with van der Waals surface area (Å²) in [5.74, 6) is -0.182. The third-order valence-corrected chi connectivity index (χ3v) is 3.52. The predicted octanol–water partition coefficient (Wildman–Crippen LogP) is 3.75. The smallest absolute Gasteiger partial charge is 0.253 e. The van der Waals surface area contributed by atoms with E-state index in [4.69, 9.17) is 11.6 Å². The highest BCUT2D eigenvalue weighted by molar-refractivity contribution is 6.29. The second-order valence-electron chi connectivity index (χ2n) is 4.84. The number of allylic oxidation sites excluding steroid dienone is 1. The van der Waals surface area contributed by atoms with Crippen LogP contribution in [0.1, 0.15) is 24.0 Å². The van der Waals surface area contributed by atoms with Gasteiger partial charge in [-0.05, 0) is 17.2 Å². The Morgan fingerprint density at radius 3 is 2.68 bits per heavy atom. The standard InChI is InChI=1S/C16H16ClN3O2/c1-12(14-7-8-16(17)19-10-14)15(11-20(21)22)18-9-13-5-3-2-4-6-13/h2-8,10-12,18H,9H2,1H3/b15-11-. The SMILES string of the molecule is CC(/C(=C/[N+](=O)[O-])NCc1ccccc1)c1ccc(Cl)nc1. The molecule has 0 aliphatic rings. The molecule has 1 heterocycles. The van der Waals surface area contributed by atoms with E-state index in [2.05, 4.69) is 10.3 Å². The van der Waals surface area contributed by atoms with E-state index in [9.17, 15) is 10.1 Å². The van der Waals surface area contributed by atoms with Crippen LogP contribution in [0.5, 0.6) is 0 Å². The molecule has 0 aliphatic carbocycles. The van der Waals surface area contributed by atoms with Crippen molar-refractivity contribution in [2.75, 3.05) is 0 Å². The molecule has 0 saturated carbocycles. The molecule has 0 spiro atoms. The van der Waals surface area contributed by atoms with E-state index in [1.54, 1.807) is 12.3 Å². The third-order valence-electron chi connectivity index (χ3n) is 3.30. The normalized spacial score (nSPS) is 12.7. The van der Waals surface area contributed by atoms with Gasteiger partial charge < -0.3 is 5.32 Å². The van der Waals surface area contributed by atoms with Crippen LogP contribution in [0.4, 0.5) is 0 Å². The Morgan fingerprint density at radius 2 is 2.09 bits per heavy atom. The van der Waals surface area contributed by atoms with Crippen LogP contribution in [-0.2, 0) is 6.54 Å². The molecule has 22 heavy (non-hydrogen) atoms. The van der Waals surface area contributed by atoms with Gasteiger partial charge in [-0.25, -0.2) is 4.98 Å². The van der Waals surface area contributed by atoms with E-state index < -0.39 is 4.92 Å². The molecule has 114 valence electrons. The number of benzene rings is 1. The summed E-state index contributed by atoms with van der Waals surface area (Å²) in [6.07, 6.45) is 2.63. The molecule has 0 fully saturated rings. The fourth-order valence-corrected chi connectivity index (χ4v) is 2.16. The largest absolute Gasteiger partial charge is 0.379 e. The van der Waals surface area contributed by atoms with Gasteiger partial charge in [-0.15, -0.1) is 0 Å². The van der Waals surface area contributed by atoms with Crippen molar-refractivity contribution in [3.8, 4) is 0 Å². The van der Waals surface area contributed by atoms with Crippen molar-refractivity contribution >= 4 is 11.6 Å². The summed E-state index contributed by atoms with van der Waals surface area (Å²) in [5, 5.41) is 14.4. The van der Waals surface area contributed by atoms with Gasteiger partial charge in [0.1, 0.15) is 5.15 Å². The second kappa shape index (κ2) is 7.56. The van der Waals surface area contributed by atoms with E-state index in [1.165, 1.54) is 0 Å². The molecular weight excluding hydrogens is 302 g/mol. The zero-order valence-corrected chi connectivity index (χ0v) is 12.8. The lowest BCUT2D eigenvalue weighted by Crippen LogP contribution is -2.19. The first-order valence-corrected chi connectivity index (χ1v) is 7.18. The van der Waals surface area contributed by atoms with Crippen molar-refractivity contribution in [1.82, 2.24) is 10.3 Å². The molecule has 1 atom stereocenters. The minimum atomic E-state index is -0.451. The van der Waals surface area contributed by atoms with Crippen LogP contribution in [0.25, 0.3) is 0 Å². The van der Waals surface area contributed by atoms with Gasteiger partial charge in [-0.2, -0.15) is 0 Å². The van der Waals surface area contributed by atoms with Crippen molar-refractivity contribution in [3.05, 3.63) is 87.0 Å². The summed E-state index contributed by atoms with van der Waals surface area (Å²) < 4.78 is 0. The molecule has 0 aliphatic heterocycles. The quantitative estimate of drug-likeness (QED) is 0.500. The van der Waals surface area contributed by atoms with E-state index in [-0.39, 0.29) is 5.92 Å². The van der Waals surface area contributed by atoms with Crippen LogP contribution in [0.3, 0.4) is 0 Å². The number of hydrogen-bond donors (Lipinski definition) is 1. The van der Waals surface area contributed by atoms with Crippen molar-refractivity contribution < 1.29 is 4.92 Å². The Hall–Kier alpha value is -2.40. The number of rotatable bonds is 6. The Kier molecular flexibility index (Phi) is 5.49. The first-order valence-electron chi connectivity index (χ1n) is 6.80. The van der Waals surface area contributed by atoms with Gasteiger partial charge in [-0.1, -0.05) is 54.9 Å². The lowest BCUT2D eigenvalue weighted by Gasteiger charge is -2.16. The van der Waals surface area contributed by atoms with E-state index in [0.29, 0.717) is 17.4 Å². The topological polar surface area (TPSA) is 68.1 Å². The van der Waals surface area contributed by atoms with Gasteiger partial charge in [0, 0.05) is 18.7 Å². The van der Waals surface area contributed by atoms with Crippen molar-refractivity contribution in [3.63, 3.8) is 0 Å². The summed E-state index contributed by atoms with van der Waals surface area (Å²) in [6, 6.07) is 13.2. The maximum Gasteiger partial charge on any atom is 0.253 e. The minimum Gasteiger partial charge on any atom is -0.379 e. The van der Waals surface area contributed by atoms with Crippen LogP contribution in [0.15, 0.2) is 60.6 Å². The monoisotopic (exact) mass is 317 g/mol. The molecule has 0 amide bonds.